The predicted molar refractivity (Wildman–Crippen MR) is 219 cm³/mol. The van der Waals surface area contributed by atoms with E-state index in [0.29, 0.717) is 0 Å². The number of nitrogens with zero attached hydrogens (tertiary/aromatic N) is 4. The second-order valence-electron chi connectivity index (χ2n) is 12.5. The third-order valence-electron chi connectivity index (χ3n) is 8.25. The van der Waals surface area contributed by atoms with Gasteiger partial charge in [0.2, 0.25) is 0 Å². The maximum atomic E-state index is 2.38. The van der Waals surface area contributed by atoms with Gasteiger partial charge < -0.3 is 19.6 Å². The minimum Gasteiger partial charge on any atom is -0.378 e. The van der Waals surface area contributed by atoms with Crippen LogP contribution in [0.25, 0.3) is 41.8 Å². The van der Waals surface area contributed by atoms with Crippen molar-refractivity contribution in [3.63, 3.8) is 0 Å². The summed E-state index contributed by atoms with van der Waals surface area (Å²) in [6.07, 6.45) is 0. The zero-order chi connectivity index (χ0) is 33.9. The summed E-state index contributed by atoms with van der Waals surface area (Å²) in [6, 6.07) is 40.4. The van der Waals surface area contributed by atoms with Crippen LogP contribution in [0.5, 0.6) is 0 Å². The van der Waals surface area contributed by atoms with Gasteiger partial charge in [-0.2, -0.15) is 0 Å². The summed E-state index contributed by atoms with van der Waals surface area (Å²) < 4.78 is 0. The lowest BCUT2D eigenvalue weighted by Gasteiger charge is -2.13. The van der Waals surface area contributed by atoms with E-state index in [-0.39, 0.29) is 0 Å². The summed E-state index contributed by atoms with van der Waals surface area (Å²) >= 11 is 3.74. The molecule has 0 unspecified atom stereocenters. The summed E-state index contributed by atoms with van der Waals surface area (Å²) in [7, 11) is 20.4. The molecule has 48 heavy (non-hydrogen) atoms. The molecule has 246 valence electrons. The standard InChI is InChI=1S/C40H42N4S4/c1-41(2)31-17-9-27(10-18-31)35-25-37(39(45-35)29-13-21-33(22-14-29)43(5)6)47-48-38-26-36(28-11-19-32(20-12-28)42(3)4)46-40(38)30-15-23-34(24-16-30)44(7)8/h9-26H,1-8H3. The van der Waals surface area contributed by atoms with Gasteiger partial charge in [-0.3, -0.25) is 0 Å². The Balaban J connectivity index is 1.38. The lowest BCUT2D eigenvalue weighted by Crippen LogP contribution is -2.07. The molecule has 4 aromatic carbocycles. The minimum atomic E-state index is 1.20. The van der Waals surface area contributed by atoms with Gasteiger partial charge in [-0.25, -0.2) is 0 Å². The van der Waals surface area contributed by atoms with Crippen molar-refractivity contribution in [1.29, 1.82) is 0 Å². The smallest absolute Gasteiger partial charge is 0.0494 e. The van der Waals surface area contributed by atoms with Crippen molar-refractivity contribution >= 4 is 67.0 Å². The SMILES string of the molecule is CN(C)c1ccc(-c2cc(SSc3cc(-c4ccc(N(C)C)cc4)sc3-c3ccc(N(C)C)cc3)c(-c3ccc(N(C)C)cc3)s2)cc1. The Morgan fingerprint density at radius 1 is 0.354 bits per heavy atom. The number of thiophene rings is 2. The van der Waals surface area contributed by atoms with Crippen molar-refractivity contribution in [2.24, 2.45) is 0 Å². The highest BCUT2D eigenvalue weighted by Gasteiger charge is 2.18. The number of hydrogen-bond donors (Lipinski definition) is 0. The van der Waals surface area contributed by atoms with Crippen molar-refractivity contribution in [1.82, 2.24) is 0 Å². The third kappa shape index (κ3) is 7.57. The molecule has 0 radical (unpaired) electrons. The lowest BCUT2D eigenvalue weighted by molar-refractivity contribution is 1.13. The molecular formula is C40H42N4S4. The van der Waals surface area contributed by atoms with Gasteiger partial charge in [-0.1, -0.05) is 70.1 Å². The number of benzene rings is 4. The first-order chi connectivity index (χ1) is 23.1. The molecule has 2 aromatic heterocycles. The Hall–Kier alpha value is -3.82. The van der Waals surface area contributed by atoms with E-state index >= 15 is 0 Å². The summed E-state index contributed by atoms with van der Waals surface area (Å²) in [5, 5.41) is 0. The van der Waals surface area contributed by atoms with E-state index in [4.69, 9.17) is 0 Å². The van der Waals surface area contributed by atoms with E-state index in [0.717, 1.165) is 0 Å². The highest BCUT2D eigenvalue weighted by molar-refractivity contribution is 8.76. The number of anilines is 4. The maximum absolute atomic E-state index is 2.38. The van der Waals surface area contributed by atoms with Gasteiger partial charge in [0, 0.05) is 108 Å². The molecule has 0 aliphatic heterocycles. The molecule has 0 bridgehead atoms. The summed E-state index contributed by atoms with van der Waals surface area (Å²) in [5.74, 6) is 0. The van der Waals surface area contributed by atoms with Crippen LogP contribution in [0.3, 0.4) is 0 Å². The zero-order valence-electron chi connectivity index (χ0n) is 28.8. The van der Waals surface area contributed by atoms with Crippen molar-refractivity contribution in [2.45, 2.75) is 9.79 Å². The number of hydrogen-bond acceptors (Lipinski definition) is 8. The lowest BCUT2D eigenvalue weighted by atomic mass is 10.1. The molecule has 0 aliphatic carbocycles. The molecule has 0 saturated carbocycles. The van der Waals surface area contributed by atoms with Gasteiger partial charge in [0.1, 0.15) is 0 Å². The fourth-order valence-electron chi connectivity index (χ4n) is 5.32. The second-order valence-corrected chi connectivity index (χ2v) is 16.9. The Labute approximate surface area is 302 Å². The molecule has 8 heteroatoms. The Morgan fingerprint density at radius 2 is 0.604 bits per heavy atom. The van der Waals surface area contributed by atoms with Crippen LogP contribution < -0.4 is 19.6 Å². The predicted octanol–water partition coefficient (Wildman–Crippen LogP) is 11.5. The fraction of sp³-hybridized carbons (Fsp3) is 0.200. The van der Waals surface area contributed by atoms with Crippen LogP contribution in [0, 0.1) is 0 Å². The highest BCUT2D eigenvalue weighted by Crippen LogP contribution is 2.53. The molecule has 0 fully saturated rings. The summed E-state index contributed by atoms with van der Waals surface area (Å²) in [5.41, 5.74) is 9.79. The first-order valence-electron chi connectivity index (χ1n) is 15.8. The number of rotatable bonds is 11. The molecule has 4 nitrogen and oxygen atoms in total. The first-order valence-corrected chi connectivity index (χ1v) is 19.6. The summed E-state index contributed by atoms with van der Waals surface area (Å²) in [6.45, 7) is 0. The monoisotopic (exact) mass is 706 g/mol. The van der Waals surface area contributed by atoms with Crippen molar-refractivity contribution in [3.8, 4) is 41.8 Å². The van der Waals surface area contributed by atoms with Gasteiger partial charge in [0.15, 0.2) is 0 Å². The summed E-state index contributed by atoms with van der Waals surface area (Å²) in [4.78, 5) is 16.3. The highest BCUT2D eigenvalue weighted by atomic mass is 33.1. The van der Waals surface area contributed by atoms with Gasteiger partial charge in [-0.15, -0.1) is 22.7 Å². The molecular weight excluding hydrogens is 665 g/mol. The molecule has 6 rings (SSSR count). The van der Waals surface area contributed by atoms with E-state index in [1.807, 2.05) is 44.3 Å². The minimum absolute atomic E-state index is 1.20. The molecule has 0 saturated heterocycles. The second kappa shape index (κ2) is 14.7. The van der Waals surface area contributed by atoms with Crippen LogP contribution in [0.15, 0.2) is 119 Å². The average Bonchev–Trinajstić information content (AvgIpc) is 3.72. The van der Waals surface area contributed by atoms with Crippen LogP contribution in [-0.4, -0.2) is 56.4 Å². The molecule has 0 spiro atoms. The topological polar surface area (TPSA) is 13.0 Å². The molecule has 0 aliphatic rings. The third-order valence-corrected chi connectivity index (χ3v) is 13.4. The van der Waals surface area contributed by atoms with Crippen LogP contribution in [-0.2, 0) is 0 Å². The van der Waals surface area contributed by atoms with Crippen molar-refractivity contribution < 1.29 is 0 Å². The van der Waals surface area contributed by atoms with Gasteiger partial charge in [0.05, 0.1) is 0 Å². The Morgan fingerprint density at radius 3 is 0.854 bits per heavy atom. The van der Waals surface area contributed by atoms with Crippen molar-refractivity contribution in [2.75, 3.05) is 76.0 Å². The van der Waals surface area contributed by atoms with Crippen LogP contribution in [0.1, 0.15) is 0 Å². The molecule has 0 N–H and O–H groups in total. The van der Waals surface area contributed by atoms with Crippen LogP contribution >= 0.6 is 44.3 Å². The van der Waals surface area contributed by atoms with E-state index in [1.54, 1.807) is 0 Å². The normalized spacial score (nSPS) is 11.1. The average molecular weight is 707 g/mol. The quantitative estimate of drug-likeness (QED) is 0.124. The van der Waals surface area contributed by atoms with Crippen LogP contribution in [0.4, 0.5) is 22.7 Å². The largest absolute Gasteiger partial charge is 0.378 e. The van der Waals surface area contributed by atoms with E-state index < -0.39 is 0 Å². The Kier molecular flexibility index (Phi) is 10.5. The molecule has 2 heterocycles. The van der Waals surface area contributed by atoms with Gasteiger partial charge >= 0.3 is 0 Å². The van der Waals surface area contributed by atoms with Crippen molar-refractivity contribution in [3.05, 3.63) is 109 Å². The molecule has 6 aromatic rings. The molecule has 0 atom stereocenters. The first kappa shape index (κ1) is 34.1. The molecule has 0 amide bonds. The van der Waals surface area contributed by atoms with E-state index in [1.165, 1.54) is 74.3 Å². The van der Waals surface area contributed by atoms with Crippen LogP contribution in [0.2, 0.25) is 0 Å². The fourth-order valence-corrected chi connectivity index (χ4v) is 10.6. The van der Waals surface area contributed by atoms with Gasteiger partial charge in [0.25, 0.3) is 0 Å². The Bertz CT molecular complexity index is 1810. The van der Waals surface area contributed by atoms with E-state index in [2.05, 4.69) is 185 Å². The maximum Gasteiger partial charge on any atom is 0.0494 e. The zero-order valence-corrected chi connectivity index (χ0v) is 32.1. The van der Waals surface area contributed by atoms with E-state index in [9.17, 15) is 0 Å². The van der Waals surface area contributed by atoms with Gasteiger partial charge in [-0.05, 0) is 82.9 Å².